The Bertz CT molecular complexity index is 389. The zero-order chi connectivity index (χ0) is 12.6. The molecule has 0 saturated carbocycles. The second kappa shape index (κ2) is 4.32. The van der Waals surface area contributed by atoms with Crippen molar-refractivity contribution in [3.05, 3.63) is 34.6 Å². The second-order valence-corrected chi connectivity index (χ2v) is 5.38. The van der Waals surface area contributed by atoms with Crippen LogP contribution in [-0.4, -0.2) is 11.7 Å². The van der Waals surface area contributed by atoms with Crippen LogP contribution in [0.15, 0.2) is 18.2 Å². The van der Waals surface area contributed by atoms with Crippen molar-refractivity contribution in [2.75, 3.05) is 6.54 Å². The number of nitrogens with two attached hydrogens (primary N) is 1. The average molecular weight is 246 g/mol. The van der Waals surface area contributed by atoms with Crippen LogP contribution >= 0.6 is 11.6 Å². The summed E-state index contributed by atoms with van der Waals surface area (Å²) < 4.78 is 13.8. The van der Waals surface area contributed by atoms with Crippen LogP contribution in [0.1, 0.15) is 26.3 Å². The van der Waals surface area contributed by atoms with E-state index in [-0.39, 0.29) is 12.1 Å². The maximum absolute atomic E-state index is 13.8. The highest BCUT2D eigenvalue weighted by Crippen LogP contribution is 2.39. The molecule has 1 unspecified atom stereocenters. The van der Waals surface area contributed by atoms with Crippen molar-refractivity contribution in [1.29, 1.82) is 0 Å². The SMILES string of the molecule is CC(C)(C)C(O)(CN)c1ccc(Cl)cc1F. The summed E-state index contributed by atoms with van der Waals surface area (Å²) in [5.41, 5.74) is 3.81. The Hall–Kier alpha value is -0.640. The van der Waals surface area contributed by atoms with Gasteiger partial charge in [-0.25, -0.2) is 4.39 Å². The highest BCUT2D eigenvalue weighted by Gasteiger charge is 2.42. The standard InChI is InChI=1S/C12H17ClFNO/c1-11(2,3)12(16,7-15)9-5-4-8(13)6-10(9)14/h4-6,16H,7,15H2,1-3H3. The van der Waals surface area contributed by atoms with Crippen molar-refractivity contribution in [1.82, 2.24) is 0 Å². The summed E-state index contributed by atoms with van der Waals surface area (Å²) in [5.74, 6) is -0.532. The van der Waals surface area contributed by atoms with Crippen LogP contribution in [0, 0.1) is 11.2 Å². The van der Waals surface area contributed by atoms with E-state index in [0.717, 1.165) is 0 Å². The van der Waals surface area contributed by atoms with E-state index < -0.39 is 16.8 Å². The molecule has 0 aliphatic carbocycles. The van der Waals surface area contributed by atoms with Crippen molar-refractivity contribution >= 4 is 11.6 Å². The lowest BCUT2D eigenvalue weighted by Gasteiger charge is -2.40. The quantitative estimate of drug-likeness (QED) is 0.842. The van der Waals surface area contributed by atoms with E-state index in [2.05, 4.69) is 0 Å². The Kier molecular flexibility index (Phi) is 3.62. The lowest BCUT2D eigenvalue weighted by atomic mass is 9.72. The minimum absolute atomic E-state index is 0.0466. The van der Waals surface area contributed by atoms with Gasteiger partial charge >= 0.3 is 0 Å². The van der Waals surface area contributed by atoms with Crippen molar-refractivity contribution in [2.24, 2.45) is 11.1 Å². The van der Waals surface area contributed by atoms with Gasteiger partial charge in [-0.1, -0.05) is 38.4 Å². The molecule has 0 amide bonds. The molecule has 0 aliphatic rings. The molecule has 0 aliphatic heterocycles. The third-order valence-corrected chi connectivity index (χ3v) is 3.15. The van der Waals surface area contributed by atoms with Crippen LogP contribution in [-0.2, 0) is 5.60 Å². The molecule has 4 heteroatoms. The van der Waals surface area contributed by atoms with Gasteiger partial charge in [0.05, 0.1) is 0 Å². The molecule has 0 bridgehead atoms. The maximum Gasteiger partial charge on any atom is 0.130 e. The monoisotopic (exact) mass is 245 g/mol. The molecule has 16 heavy (non-hydrogen) atoms. The van der Waals surface area contributed by atoms with Crippen molar-refractivity contribution in [2.45, 2.75) is 26.4 Å². The molecule has 1 aromatic carbocycles. The van der Waals surface area contributed by atoms with E-state index in [9.17, 15) is 9.50 Å². The largest absolute Gasteiger partial charge is 0.383 e. The van der Waals surface area contributed by atoms with Crippen LogP contribution in [0.3, 0.4) is 0 Å². The summed E-state index contributed by atoms with van der Waals surface area (Å²) >= 11 is 5.67. The van der Waals surface area contributed by atoms with Gasteiger partial charge in [0.15, 0.2) is 0 Å². The van der Waals surface area contributed by atoms with Crippen LogP contribution < -0.4 is 5.73 Å². The summed E-state index contributed by atoms with van der Waals surface area (Å²) in [6, 6.07) is 4.21. The third kappa shape index (κ3) is 2.21. The van der Waals surface area contributed by atoms with Gasteiger partial charge in [0, 0.05) is 17.1 Å². The van der Waals surface area contributed by atoms with Gasteiger partial charge in [0.25, 0.3) is 0 Å². The molecular formula is C12H17ClFNO. The van der Waals surface area contributed by atoms with E-state index >= 15 is 0 Å². The van der Waals surface area contributed by atoms with Gasteiger partial charge in [-0.2, -0.15) is 0 Å². The summed E-state index contributed by atoms with van der Waals surface area (Å²) in [6.07, 6.45) is 0. The highest BCUT2D eigenvalue weighted by atomic mass is 35.5. The Morgan fingerprint density at radius 2 is 1.94 bits per heavy atom. The van der Waals surface area contributed by atoms with Crippen molar-refractivity contribution in [3.8, 4) is 0 Å². The topological polar surface area (TPSA) is 46.2 Å². The Morgan fingerprint density at radius 1 is 1.38 bits per heavy atom. The van der Waals surface area contributed by atoms with Crippen molar-refractivity contribution in [3.63, 3.8) is 0 Å². The molecule has 1 rings (SSSR count). The van der Waals surface area contributed by atoms with Gasteiger partial charge in [0.1, 0.15) is 11.4 Å². The molecular weight excluding hydrogens is 229 g/mol. The van der Waals surface area contributed by atoms with E-state index in [1.165, 1.54) is 12.1 Å². The zero-order valence-corrected chi connectivity index (χ0v) is 10.5. The Balaban J connectivity index is 3.34. The van der Waals surface area contributed by atoms with E-state index in [0.29, 0.717) is 5.02 Å². The van der Waals surface area contributed by atoms with E-state index in [4.69, 9.17) is 17.3 Å². The fourth-order valence-corrected chi connectivity index (χ4v) is 1.80. The number of benzene rings is 1. The molecule has 3 N–H and O–H groups in total. The Labute approximate surface area is 100 Å². The minimum Gasteiger partial charge on any atom is -0.383 e. The lowest BCUT2D eigenvalue weighted by molar-refractivity contribution is -0.0583. The van der Waals surface area contributed by atoms with Crippen molar-refractivity contribution < 1.29 is 9.50 Å². The van der Waals surface area contributed by atoms with E-state index in [1.54, 1.807) is 6.07 Å². The Morgan fingerprint density at radius 3 is 2.31 bits per heavy atom. The van der Waals surface area contributed by atoms with Gasteiger partial charge in [-0.05, 0) is 17.5 Å². The number of hydrogen-bond acceptors (Lipinski definition) is 2. The molecule has 0 radical (unpaired) electrons. The first-order chi connectivity index (χ1) is 7.22. The van der Waals surface area contributed by atoms with Gasteiger partial charge < -0.3 is 10.8 Å². The summed E-state index contributed by atoms with van der Waals surface area (Å²) in [6.45, 7) is 5.39. The summed E-state index contributed by atoms with van der Waals surface area (Å²) in [4.78, 5) is 0. The second-order valence-electron chi connectivity index (χ2n) is 4.94. The maximum atomic E-state index is 13.8. The van der Waals surface area contributed by atoms with Crippen LogP contribution in [0.4, 0.5) is 4.39 Å². The molecule has 1 aromatic rings. The predicted molar refractivity (Wildman–Crippen MR) is 63.8 cm³/mol. The number of hydrogen-bond donors (Lipinski definition) is 2. The molecule has 2 nitrogen and oxygen atoms in total. The number of rotatable bonds is 2. The van der Waals surface area contributed by atoms with Crippen LogP contribution in [0.5, 0.6) is 0 Å². The summed E-state index contributed by atoms with van der Waals surface area (Å²) in [5, 5.41) is 10.8. The smallest absolute Gasteiger partial charge is 0.130 e. The summed E-state index contributed by atoms with van der Waals surface area (Å²) in [7, 11) is 0. The molecule has 1 atom stereocenters. The third-order valence-electron chi connectivity index (χ3n) is 2.91. The van der Waals surface area contributed by atoms with Gasteiger partial charge in [-0.15, -0.1) is 0 Å². The first-order valence-corrected chi connectivity index (χ1v) is 5.48. The fraction of sp³-hybridized carbons (Fsp3) is 0.500. The highest BCUT2D eigenvalue weighted by molar-refractivity contribution is 6.30. The molecule has 0 aromatic heterocycles. The number of aliphatic hydroxyl groups is 1. The van der Waals surface area contributed by atoms with E-state index in [1.807, 2.05) is 20.8 Å². The first-order valence-electron chi connectivity index (χ1n) is 5.10. The van der Waals surface area contributed by atoms with Gasteiger partial charge in [0.2, 0.25) is 0 Å². The molecule has 0 saturated heterocycles. The molecule has 0 fully saturated rings. The van der Waals surface area contributed by atoms with Crippen LogP contribution in [0.25, 0.3) is 0 Å². The predicted octanol–water partition coefficient (Wildman–Crippen LogP) is 2.67. The van der Waals surface area contributed by atoms with Gasteiger partial charge in [-0.3, -0.25) is 0 Å². The minimum atomic E-state index is -1.40. The first kappa shape index (κ1) is 13.4. The number of halogens is 2. The van der Waals surface area contributed by atoms with Crippen LogP contribution in [0.2, 0.25) is 5.02 Å². The normalized spacial score (nSPS) is 15.9. The zero-order valence-electron chi connectivity index (χ0n) is 9.72. The lowest BCUT2D eigenvalue weighted by Crippen LogP contribution is -2.46. The molecule has 90 valence electrons. The molecule has 0 heterocycles. The molecule has 0 spiro atoms. The fourth-order valence-electron chi connectivity index (χ4n) is 1.65. The average Bonchev–Trinajstić information content (AvgIpc) is 2.15.